The molecule has 1 heterocycles. The third kappa shape index (κ3) is 1.13. The van der Waals surface area contributed by atoms with Crippen molar-refractivity contribution < 1.29 is 0 Å². The predicted molar refractivity (Wildman–Crippen MR) is 53.0 cm³/mol. The van der Waals surface area contributed by atoms with Gasteiger partial charge in [0, 0.05) is 11.7 Å². The summed E-state index contributed by atoms with van der Waals surface area (Å²) in [6, 6.07) is 0.698. The molecule has 0 aromatic rings. The Kier molecular flexibility index (Phi) is 1.71. The summed E-state index contributed by atoms with van der Waals surface area (Å²) in [6.07, 6.45) is 12.8. The van der Waals surface area contributed by atoms with E-state index in [9.17, 15) is 0 Å². The molecule has 1 N–H and O–H groups in total. The van der Waals surface area contributed by atoms with Gasteiger partial charge in [-0.05, 0) is 55.7 Å². The van der Waals surface area contributed by atoms with E-state index in [-0.39, 0.29) is 0 Å². The fourth-order valence-electron chi connectivity index (χ4n) is 2.88. The average molecular weight is 174 g/mol. The van der Waals surface area contributed by atoms with E-state index >= 15 is 0 Å². The van der Waals surface area contributed by atoms with Crippen molar-refractivity contribution in [3.05, 3.63) is 22.9 Å². The van der Waals surface area contributed by atoms with Crippen LogP contribution in [0.5, 0.6) is 0 Å². The lowest BCUT2D eigenvalue weighted by Gasteiger charge is -2.21. The Balaban J connectivity index is 1.99. The first-order chi connectivity index (χ1) is 6.45. The Morgan fingerprint density at radius 3 is 3.15 bits per heavy atom. The van der Waals surface area contributed by atoms with E-state index in [0.717, 1.165) is 6.42 Å². The van der Waals surface area contributed by atoms with Crippen molar-refractivity contribution in [1.29, 1.82) is 0 Å². The van der Waals surface area contributed by atoms with Gasteiger partial charge >= 0.3 is 0 Å². The molecule has 2 aliphatic carbocycles. The standard InChI is InChI=1S/C12H16N/c1-3-7-11-9(5-1)10-6-2-4-8-12(10)13-11/h11,13H,1-7H2. The van der Waals surface area contributed by atoms with Crippen LogP contribution in [0, 0.1) is 6.08 Å². The first-order valence-electron chi connectivity index (χ1n) is 5.55. The van der Waals surface area contributed by atoms with Crippen LogP contribution < -0.4 is 5.32 Å². The molecule has 1 aliphatic heterocycles. The molecule has 0 spiro atoms. The molecule has 1 heteroatoms. The van der Waals surface area contributed by atoms with E-state index < -0.39 is 0 Å². The molecule has 0 saturated heterocycles. The van der Waals surface area contributed by atoms with Crippen molar-refractivity contribution in [2.24, 2.45) is 0 Å². The summed E-state index contributed by atoms with van der Waals surface area (Å²) >= 11 is 0. The SMILES string of the molecule is [C]1=C2NC3CCCCC3=C2CCC1. The van der Waals surface area contributed by atoms with E-state index in [0.29, 0.717) is 6.04 Å². The maximum absolute atomic E-state index is 3.63. The summed E-state index contributed by atoms with van der Waals surface area (Å²) in [7, 11) is 0. The first-order valence-corrected chi connectivity index (χ1v) is 5.55. The molecule has 3 rings (SSSR count). The van der Waals surface area contributed by atoms with Gasteiger partial charge in [0.2, 0.25) is 0 Å². The molecule has 0 bridgehead atoms. The van der Waals surface area contributed by atoms with Crippen molar-refractivity contribution in [2.45, 2.75) is 51.0 Å². The summed E-state index contributed by atoms with van der Waals surface area (Å²) in [4.78, 5) is 0. The summed E-state index contributed by atoms with van der Waals surface area (Å²) in [5.74, 6) is 0. The predicted octanol–water partition coefficient (Wildman–Crippen LogP) is 2.70. The third-order valence-corrected chi connectivity index (χ3v) is 3.52. The largest absolute Gasteiger partial charge is 0.378 e. The summed E-state index contributed by atoms with van der Waals surface area (Å²) in [6.45, 7) is 0. The highest BCUT2D eigenvalue weighted by Crippen LogP contribution is 2.38. The lowest BCUT2D eigenvalue weighted by Crippen LogP contribution is -2.26. The molecule has 0 amide bonds. The second-order valence-corrected chi connectivity index (χ2v) is 4.35. The van der Waals surface area contributed by atoms with E-state index in [1.54, 1.807) is 11.1 Å². The van der Waals surface area contributed by atoms with Gasteiger partial charge in [0.05, 0.1) is 0 Å². The Bertz CT molecular complexity index is 285. The summed E-state index contributed by atoms with van der Waals surface area (Å²) < 4.78 is 0. The topological polar surface area (TPSA) is 12.0 Å². The van der Waals surface area contributed by atoms with Crippen molar-refractivity contribution in [3.8, 4) is 0 Å². The molecule has 1 unspecified atom stereocenters. The van der Waals surface area contributed by atoms with Crippen molar-refractivity contribution >= 4 is 0 Å². The Labute approximate surface area is 79.9 Å². The van der Waals surface area contributed by atoms with E-state index in [2.05, 4.69) is 11.4 Å². The lowest BCUT2D eigenvalue weighted by atomic mass is 9.87. The van der Waals surface area contributed by atoms with Crippen molar-refractivity contribution in [2.75, 3.05) is 0 Å². The van der Waals surface area contributed by atoms with Crippen molar-refractivity contribution in [1.82, 2.24) is 5.32 Å². The van der Waals surface area contributed by atoms with E-state index in [4.69, 9.17) is 0 Å². The molecule has 13 heavy (non-hydrogen) atoms. The second-order valence-electron chi connectivity index (χ2n) is 4.35. The number of hydrogen-bond donors (Lipinski definition) is 1. The molecule has 1 atom stereocenters. The number of allylic oxidation sites excluding steroid dienone is 2. The highest BCUT2D eigenvalue weighted by Gasteiger charge is 2.30. The van der Waals surface area contributed by atoms with Crippen LogP contribution >= 0.6 is 0 Å². The molecule has 69 valence electrons. The monoisotopic (exact) mass is 174 g/mol. The Hall–Kier alpha value is -0.720. The van der Waals surface area contributed by atoms with Crippen LogP contribution in [0.1, 0.15) is 44.9 Å². The van der Waals surface area contributed by atoms with E-state index in [1.165, 1.54) is 44.2 Å². The Morgan fingerprint density at radius 1 is 1.15 bits per heavy atom. The van der Waals surface area contributed by atoms with Gasteiger partial charge in [-0.1, -0.05) is 6.42 Å². The molecule has 1 radical (unpaired) electrons. The quantitative estimate of drug-likeness (QED) is 0.595. The van der Waals surface area contributed by atoms with Gasteiger partial charge in [-0.15, -0.1) is 0 Å². The third-order valence-electron chi connectivity index (χ3n) is 3.52. The molecular formula is C12H16N. The first kappa shape index (κ1) is 7.66. The van der Waals surface area contributed by atoms with E-state index in [1.807, 2.05) is 0 Å². The second kappa shape index (κ2) is 2.90. The van der Waals surface area contributed by atoms with Gasteiger partial charge in [-0.25, -0.2) is 0 Å². The van der Waals surface area contributed by atoms with Crippen LogP contribution in [0.2, 0.25) is 0 Å². The van der Waals surface area contributed by atoms with Crippen LogP contribution in [0.3, 0.4) is 0 Å². The maximum atomic E-state index is 3.63. The molecule has 1 saturated carbocycles. The molecule has 1 nitrogen and oxygen atoms in total. The zero-order valence-corrected chi connectivity index (χ0v) is 8.03. The van der Waals surface area contributed by atoms with Crippen LogP contribution in [0.15, 0.2) is 16.8 Å². The zero-order valence-electron chi connectivity index (χ0n) is 8.03. The van der Waals surface area contributed by atoms with Gasteiger partial charge < -0.3 is 5.32 Å². The van der Waals surface area contributed by atoms with Gasteiger partial charge in [-0.2, -0.15) is 0 Å². The molecule has 0 aromatic heterocycles. The lowest BCUT2D eigenvalue weighted by molar-refractivity contribution is 0.506. The number of fused-ring (bicyclic) bond motifs is 2. The highest BCUT2D eigenvalue weighted by molar-refractivity contribution is 5.43. The molecule has 0 aromatic carbocycles. The minimum atomic E-state index is 0.698. The van der Waals surface area contributed by atoms with Gasteiger partial charge in [-0.3, -0.25) is 0 Å². The van der Waals surface area contributed by atoms with Crippen molar-refractivity contribution in [3.63, 3.8) is 0 Å². The maximum Gasteiger partial charge on any atom is 0.0480 e. The van der Waals surface area contributed by atoms with Gasteiger partial charge in [0.25, 0.3) is 0 Å². The van der Waals surface area contributed by atoms with Gasteiger partial charge in [0.1, 0.15) is 0 Å². The molecule has 3 aliphatic rings. The Morgan fingerprint density at radius 2 is 2.15 bits per heavy atom. The summed E-state index contributed by atoms with van der Waals surface area (Å²) in [5, 5.41) is 3.63. The summed E-state index contributed by atoms with van der Waals surface area (Å²) in [5.41, 5.74) is 4.73. The highest BCUT2D eigenvalue weighted by atomic mass is 15.0. The van der Waals surface area contributed by atoms with Crippen LogP contribution in [-0.4, -0.2) is 6.04 Å². The van der Waals surface area contributed by atoms with Gasteiger partial charge in [0.15, 0.2) is 0 Å². The molecule has 1 fully saturated rings. The van der Waals surface area contributed by atoms with Crippen LogP contribution in [-0.2, 0) is 0 Å². The fraction of sp³-hybridized carbons (Fsp3) is 0.667. The minimum Gasteiger partial charge on any atom is -0.378 e. The smallest absolute Gasteiger partial charge is 0.0480 e. The van der Waals surface area contributed by atoms with Crippen LogP contribution in [0.4, 0.5) is 0 Å². The fourth-order valence-corrected chi connectivity index (χ4v) is 2.88. The van der Waals surface area contributed by atoms with Crippen LogP contribution in [0.25, 0.3) is 0 Å². The number of rotatable bonds is 0. The molecular weight excluding hydrogens is 158 g/mol. The average Bonchev–Trinajstić information content (AvgIpc) is 2.56. The number of hydrogen-bond acceptors (Lipinski definition) is 1. The number of nitrogens with one attached hydrogen (secondary N) is 1. The normalized spacial score (nSPS) is 32.0. The minimum absolute atomic E-state index is 0.698. The zero-order chi connectivity index (χ0) is 8.67.